The second-order valence-corrected chi connectivity index (χ2v) is 11.4. The van der Waals surface area contributed by atoms with Crippen molar-refractivity contribution < 1.29 is 18.8 Å². The van der Waals surface area contributed by atoms with Gasteiger partial charge in [0.25, 0.3) is 11.1 Å². The van der Waals surface area contributed by atoms with Crippen LogP contribution in [0.2, 0.25) is 0 Å². The average Bonchev–Trinajstić information content (AvgIpc) is 3.32. The monoisotopic (exact) mass is 529 g/mol. The zero-order chi connectivity index (χ0) is 26.8. The van der Waals surface area contributed by atoms with Crippen molar-refractivity contribution in [2.45, 2.75) is 75.6 Å². The lowest BCUT2D eigenvalue weighted by Gasteiger charge is -2.37. The molecule has 1 aliphatic rings. The first-order valence-electron chi connectivity index (χ1n) is 13.0. The number of benzene rings is 1. The molecule has 1 saturated carbocycles. The van der Waals surface area contributed by atoms with E-state index in [-0.39, 0.29) is 30.0 Å². The van der Waals surface area contributed by atoms with Crippen LogP contribution in [-0.4, -0.2) is 70.7 Å². The van der Waals surface area contributed by atoms with E-state index in [9.17, 15) is 14.4 Å². The Labute approximate surface area is 223 Å². The predicted octanol–water partition coefficient (Wildman–Crippen LogP) is 3.50. The molecule has 0 aliphatic heterocycles. The molecule has 1 fully saturated rings. The highest BCUT2D eigenvalue weighted by atomic mass is 32.2. The molecule has 0 saturated heterocycles. The number of hydrogen-bond acceptors (Lipinski definition) is 8. The van der Waals surface area contributed by atoms with E-state index in [0.29, 0.717) is 24.5 Å². The topological polar surface area (TPSA) is 117 Å². The van der Waals surface area contributed by atoms with Crippen LogP contribution in [0.25, 0.3) is 0 Å². The van der Waals surface area contributed by atoms with E-state index in [2.05, 4.69) is 20.8 Å². The summed E-state index contributed by atoms with van der Waals surface area (Å²) in [5.74, 6) is -0.153. The van der Waals surface area contributed by atoms with Crippen molar-refractivity contribution in [3.63, 3.8) is 0 Å². The van der Waals surface area contributed by atoms with Gasteiger partial charge in [-0.2, -0.15) is 0 Å². The molecule has 1 unspecified atom stereocenters. The Morgan fingerprint density at radius 1 is 1.08 bits per heavy atom. The highest BCUT2D eigenvalue weighted by molar-refractivity contribution is 7.99. The van der Waals surface area contributed by atoms with Crippen molar-refractivity contribution in [2.75, 3.05) is 26.4 Å². The molecule has 2 amide bonds. The number of thioether (sulfide) groups is 1. The van der Waals surface area contributed by atoms with Crippen LogP contribution in [0, 0.1) is 5.92 Å². The molecule has 1 heterocycles. The summed E-state index contributed by atoms with van der Waals surface area (Å²) in [5.41, 5.74) is -0.156. The smallest absolute Gasteiger partial charge is 0.286 e. The summed E-state index contributed by atoms with van der Waals surface area (Å²) in [5, 5.41) is 14.3. The lowest BCUT2D eigenvalue weighted by atomic mass is 9.80. The number of aromatic nitrogens is 2. The predicted molar refractivity (Wildman–Crippen MR) is 143 cm³/mol. The number of hydrogen-bond donors (Lipinski definition) is 2. The number of rotatable bonds is 13. The van der Waals surface area contributed by atoms with Crippen LogP contribution in [0.4, 0.5) is 0 Å². The molecular weight excluding hydrogens is 490 g/mol. The first-order chi connectivity index (χ1) is 17.7. The van der Waals surface area contributed by atoms with Gasteiger partial charge in [-0.25, -0.2) is 0 Å². The van der Waals surface area contributed by atoms with E-state index < -0.39 is 17.4 Å². The van der Waals surface area contributed by atoms with Gasteiger partial charge < -0.3 is 20.0 Å². The Kier molecular flexibility index (Phi) is 10.7. The number of ketones is 1. The molecule has 202 valence electrons. The zero-order valence-corrected chi connectivity index (χ0v) is 23.1. The van der Waals surface area contributed by atoms with Gasteiger partial charge in [-0.1, -0.05) is 75.2 Å². The van der Waals surface area contributed by atoms with Crippen molar-refractivity contribution in [3.8, 4) is 0 Å². The van der Waals surface area contributed by atoms with E-state index in [1.54, 1.807) is 0 Å². The normalized spacial score (nSPS) is 15.9. The number of nitrogens with one attached hydrogen (secondary N) is 2. The zero-order valence-electron chi connectivity index (χ0n) is 22.3. The van der Waals surface area contributed by atoms with Crippen molar-refractivity contribution >= 4 is 29.4 Å². The van der Waals surface area contributed by atoms with Gasteiger partial charge in [0.1, 0.15) is 5.54 Å². The minimum atomic E-state index is -1.04. The molecule has 2 aromatic rings. The molecule has 1 aromatic carbocycles. The summed E-state index contributed by atoms with van der Waals surface area (Å²) < 4.78 is 5.62. The maximum atomic E-state index is 13.7. The van der Waals surface area contributed by atoms with Crippen LogP contribution in [0.3, 0.4) is 0 Å². The number of amides is 2. The fourth-order valence-corrected chi connectivity index (χ4v) is 5.36. The molecule has 0 radical (unpaired) electrons. The van der Waals surface area contributed by atoms with Crippen LogP contribution in [0.5, 0.6) is 0 Å². The molecule has 9 nitrogen and oxygen atoms in total. The highest BCUT2D eigenvalue weighted by Crippen LogP contribution is 2.29. The van der Waals surface area contributed by atoms with Crippen molar-refractivity contribution in [2.24, 2.45) is 5.92 Å². The van der Waals surface area contributed by atoms with Gasteiger partial charge in [0.05, 0.1) is 12.5 Å². The maximum absolute atomic E-state index is 13.7. The molecule has 1 atom stereocenters. The third-order valence-corrected chi connectivity index (χ3v) is 7.24. The Bertz CT molecular complexity index is 1030. The van der Waals surface area contributed by atoms with Gasteiger partial charge in [-0.05, 0) is 44.8 Å². The van der Waals surface area contributed by atoms with Crippen LogP contribution >= 0.6 is 11.8 Å². The van der Waals surface area contributed by atoms with Gasteiger partial charge in [-0.15, -0.1) is 10.2 Å². The lowest BCUT2D eigenvalue weighted by molar-refractivity contribution is -0.135. The number of carbonyl (C=O) groups is 3. The molecule has 3 rings (SSSR count). The lowest BCUT2D eigenvalue weighted by Crippen LogP contribution is -2.62. The SMILES string of the molecule is CC(C)CC(NC(=O)C1(NC(=O)Cc2ccccc2)CCCCC1)C(=O)c1nnc(SCCN(C)C)o1. The van der Waals surface area contributed by atoms with E-state index in [1.807, 2.05) is 63.2 Å². The Hall–Kier alpha value is -2.72. The Balaban J connectivity index is 1.72. The second kappa shape index (κ2) is 13.7. The van der Waals surface area contributed by atoms with Crippen molar-refractivity contribution in [1.29, 1.82) is 0 Å². The van der Waals surface area contributed by atoms with Gasteiger partial charge in [0, 0.05) is 12.3 Å². The number of carbonyl (C=O) groups excluding carboxylic acids is 3. The van der Waals surface area contributed by atoms with Crippen molar-refractivity contribution in [1.82, 2.24) is 25.7 Å². The third-order valence-electron chi connectivity index (χ3n) is 6.44. The minimum Gasteiger partial charge on any atom is -0.408 e. The molecule has 37 heavy (non-hydrogen) atoms. The molecule has 10 heteroatoms. The first-order valence-corrected chi connectivity index (χ1v) is 14.0. The summed E-state index contributed by atoms with van der Waals surface area (Å²) in [7, 11) is 3.96. The molecule has 1 aromatic heterocycles. The van der Waals surface area contributed by atoms with Crippen LogP contribution in [0.15, 0.2) is 40.0 Å². The van der Waals surface area contributed by atoms with E-state index in [1.165, 1.54) is 11.8 Å². The fourth-order valence-electron chi connectivity index (χ4n) is 4.49. The number of nitrogens with zero attached hydrogens (tertiary/aromatic N) is 3. The second-order valence-electron chi connectivity index (χ2n) is 10.4. The summed E-state index contributed by atoms with van der Waals surface area (Å²) in [4.78, 5) is 42.0. The highest BCUT2D eigenvalue weighted by Gasteiger charge is 2.42. The third kappa shape index (κ3) is 8.67. The molecule has 0 spiro atoms. The van der Waals surface area contributed by atoms with Crippen LogP contribution < -0.4 is 10.6 Å². The van der Waals surface area contributed by atoms with Crippen LogP contribution in [-0.2, 0) is 16.0 Å². The molecular formula is C27H39N5O4S. The van der Waals surface area contributed by atoms with E-state index >= 15 is 0 Å². The van der Waals surface area contributed by atoms with E-state index in [0.717, 1.165) is 37.1 Å². The molecule has 2 N–H and O–H groups in total. The van der Waals surface area contributed by atoms with Crippen molar-refractivity contribution in [3.05, 3.63) is 41.8 Å². The van der Waals surface area contributed by atoms with Crippen LogP contribution in [0.1, 0.15) is 68.6 Å². The quantitative estimate of drug-likeness (QED) is 0.299. The summed E-state index contributed by atoms with van der Waals surface area (Å²) in [6.07, 6.45) is 4.36. The average molecular weight is 530 g/mol. The van der Waals surface area contributed by atoms with E-state index in [4.69, 9.17) is 4.42 Å². The first kappa shape index (κ1) is 28.8. The largest absolute Gasteiger partial charge is 0.408 e. The Morgan fingerprint density at radius 3 is 2.43 bits per heavy atom. The van der Waals surface area contributed by atoms with Gasteiger partial charge in [-0.3, -0.25) is 14.4 Å². The summed E-state index contributed by atoms with van der Waals surface area (Å²) in [6, 6.07) is 8.63. The summed E-state index contributed by atoms with van der Waals surface area (Å²) >= 11 is 1.39. The number of Topliss-reactive ketones (excluding diaryl/α,β-unsaturated/α-hetero) is 1. The summed E-state index contributed by atoms with van der Waals surface area (Å²) in [6.45, 7) is 4.81. The van der Waals surface area contributed by atoms with Gasteiger partial charge >= 0.3 is 0 Å². The maximum Gasteiger partial charge on any atom is 0.286 e. The molecule has 1 aliphatic carbocycles. The molecule has 0 bridgehead atoms. The standard InChI is InChI=1S/C27H39N5O4S/c1-19(2)17-21(23(34)24-30-31-26(36-24)37-16-15-32(3)4)28-25(35)27(13-9-6-10-14-27)29-22(33)18-20-11-7-5-8-12-20/h5,7-8,11-12,19,21H,6,9-10,13-18H2,1-4H3,(H,28,35)(H,29,33). The fraction of sp³-hybridized carbons (Fsp3) is 0.593. The van der Waals surface area contributed by atoms with Gasteiger partial charge in [0.2, 0.25) is 17.6 Å². The van der Waals surface area contributed by atoms with Gasteiger partial charge in [0.15, 0.2) is 0 Å². The Morgan fingerprint density at radius 2 is 1.78 bits per heavy atom. The minimum absolute atomic E-state index is 0.107.